The Morgan fingerprint density at radius 3 is 2.38 bits per heavy atom. The van der Waals surface area contributed by atoms with Gasteiger partial charge in [0.1, 0.15) is 5.69 Å². The first-order valence-corrected chi connectivity index (χ1v) is 11.2. The van der Waals surface area contributed by atoms with Crippen LogP contribution < -0.4 is 4.90 Å². The number of pyridine rings is 1. The first-order valence-electron chi connectivity index (χ1n) is 11.2. The van der Waals surface area contributed by atoms with Gasteiger partial charge in [-0.3, -0.25) is 9.69 Å². The van der Waals surface area contributed by atoms with Crippen molar-refractivity contribution in [2.24, 2.45) is 5.92 Å². The number of nitrogens with zero attached hydrogens (tertiary/aromatic N) is 3. The Bertz CT molecular complexity index is 966. The summed E-state index contributed by atoms with van der Waals surface area (Å²) in [7, 11) is 2.13. The largest absolute Gasteiger partial charge is 0.433 e. The number of halogens is 3. The van der Waals surface area contributed by atoms with E-state index in [2.05, 4.69) is 29.1 Å². The number of fused-ring (bicyclic) bond motifs is 1. The van der Waals surface area contributed by atoms with Gasteiger partial charge in [0.2, 0.25) is 5.91 Å². The maximum Gasteiger partial charge on any atom is 0.433 e. The van der Waals surface area contributed by atoms with Crippen LogP contribution in [0.1, 0.15) is 56.5 Å². The average molecular weight is 446 g/mol. The molecule has 0 atom stereocenters. The highest BCUT2D eigenvalue weighted by Gasteiger charge is 2.44. The van der Waals surface area contributed by atoms with Crippen LogP contribution in [-0.4, -0.2) is 35.4 Å². The molecule has 1 aliphatic carbocycles. The summed E-state index contributed by atoms with van der Waals surface area (Å²) in [4.78, 5) is 21.3. The molecular formula is C25H30F3N3O. The van der Waals surface area contributed by atoms with Crippen LogP contribution in [-0.2, 0) is 22.9 Å². The molecule has 4 rings (SSSR count). The normalized spacial score (nSPS) is 22.8. The lowest BCUT2D eigenvalue weighted by Gasteiger charge is -2.35. The molecule has 1 aromatic carbocycles. The van der Waals surface area contributed by atoms with E-state index in [0.29, 0.717) is 24.0 Å². The van der Waals surface area contributed by atoms with Crippen molar-refractivity contribution in [3.63, 3.8) is 0 Å². The zero-order chi connectivity index (χ0) is 23.1. The Morgan fingerprint density at radius 2 is 1.75 bits per heavy atom. The smallest absolute Gasteiger partial charge is 0.309 e. The Kier molecular flexibility index (Phi) is 6.05. The van der Waals surface area contributed by atoms with Crippen LogP contribution in [0.4, 0.5) is 18.9 Å². The molecule has 4 nitrogen and oxygen atoms in total. The van der Waals surface area contributed by atoms with E-state index in [0.717, 1.165) is 38.3 Å². The predicted octanol–water partition coefficient (Wildman–Crippen LogP) is 5.42. The second kappa shape index (κ2) is 8.50. The standard InChI is InChI=1S/C25H30F3N3O/c1-24(2)16-31(20-13-14-21(25(26,27)28)29-22(20)24)23(32)18-9-11-19(12-10-18)30(3)15-17-7-5-4-6-8-17/h4-8,13-14,18-19H,9-12,15-16H2,1-3H3. The Hall–Kier alpha value is -2.41. The minimum absolute atomic E-state index is 0.0162. The Morgan fingerprint density at radius 1 is 1.09 bits per heavy atom. The van der Waals surface area contributed by atoms with Crippen molar-refractivity contribution in [3.05, 3.63) is 59.4 Å². The number of amides is 1. The van der Waals surface area contributed by atoms with Crippen molar-refractivity contribution in [2.45, 2.75) is 63.7 Å². The lowest BCUT2D eigenvalue weighted by Crippen LogP contribution is -2.42. The number of aromatic nitrogens is 1. The van der Waals surface area contributed by atoms with Gasteiger partial charge >= 0.3 is 6.18 Å². The van der Waals surface area contributed by atoms with Crippen LogP contribution in [0.3, 0.4) is 0 Å². The molecule has 0 radical (unpaired) electrons. The van der Waals surface area contributed by atoms with E-state index in [-0.39, 0.29) is 11.8 Å². The zero-order valence-corrected chi connectivity index (χ0v) is 18.8. The minimum Gasteiger partial charge on any atom is -0.309 e. The molecular weight excluding hydrogens is 415 g/mol. The summed E-state index contributed by atoms with van der Waals surface area (Å²) in [6.45, 7) is 4.94. The number of rotatable bonds is 4. The van der Waals surface area contributed by atoms with Crippen LogP contribution in [0, 0.1) is 5.92 Å². The predicted molar refractivity (Wildman–Crippen MR) is 118 cm³/mol. The quantitative estimate of drug-likeness (QED) is 0.631. The first kappa shape index (κ1) is 22.8. The van der Waals surface area contributed by atoms with Crippen molar-refractivity contribution in [1.29, 1.82) is 0 Å². The molecule has 0 bridgehead atoms. The number of anilines is 1. The van der Waals surface area contributed by atoms with Crippen LogP contribution in [0.15, 0.2) is 42.5 Å². The fraction of sp³-hybridized carbons (Fsp3) is 0.520. The summed E-state index contributed by atoms with van der Waals surface area (Å²) in [5.74, 6) is -0.0806. The topological polar surface area (TPSA) is 36.4 Å². The minimum atomic E-state index is -4.49. The van der Waals surface area contributed by atoms with Gasteiger partial charge in [-0.25, -0.2) is 4.98 Å². The highest BCUT2D eigenvalue weighted by atomic mass is 19.4. The second-order valence-corrected chi connectivity index (χ2v) is 9.78. The van der Waals surface area contributed by atoms with E-state index in [9.17, 15) is 18.0 Å². The van der Waals surface area contributed by atoms with Crippen LogP contribution in [0.5, 0.6) is 0 Å². The highest BCUT2D eigenvalue weighted by molar-refractivity contribution is 5.97. The number of benzene rings is 1. The highest BCUT2D eigenvalue weighted by Crippen LogP contribution is 2.43. The summed E-state index contributed by atoms with van der Waals surface area (Å²) < 4.78 is 39.4. The molecule has 0 spiro atoms. The molecule has 1 aliphatic heterocycles. The van der Waals surface area contributed by atoms with Crippen molar-refractivity contribution in [2.75, 3.05) is 18.5 Å². The Labute approximate surface area is 187 Å². The second-order valence-electron chi connectivity index (χ2n) is 9.78. The Balaban J connectivity index is 1.42. The molecule has 2 aliphatic rings. The number of hydrogen-bond donors (Lipinski definition) is 0. The van der Waals surface area contributed by atoms with Gasteiger partial charge < -0.3 is 4.90 Å². The van der Waals surface area contributed by atoms with E-state index < -0.39 is 17.3 Å². The van der Waals surface area contributed by atoms with Gasteiger partial charge in [-0.15, -0.1) is 0 Å². The maximum atomic E-state index is 13.4. The fourth-order valence-electron chi connectivity index (χ4n) is 5.06. The molecule has 172 valence electrons. The molecule has 32 heavy (non-hydrogen) atoms. The van der Waals surface area contributed by atoms with Gasteiger partial charge in [-0.1, -0.05) is 44.2 Å². The molecule has 1 amide bonds. The monoisotopic (exact) mass is 445 g/mol. The van der Waals surface area contributed by atoms with Crippen molar-refractivity contribution in [1.82, 2.24) is 9.88 Å². The molecule has 7 heteroatoms. The molecule has 0 unspecified atom stereocenters. The van der Waals surface area contributed by atoms with Crippen LogP contribution in [0.2, 0.25) is 0 Å². The average Bonchev–Trinajstić information content (AvgIpc) is 3.04. The number of carbonyl (C=O) groups excluding carboxylic acids is 1. The van der Waals surface area contributed by atoms with Gasteiger partial charge in [0.05, 0.1) is 11.4 Å². The zero-order valence-electron chi connectivity index (χ0n) is 18.8. The molecule has 2 heterocycles. The third-order valence-electron chi connectivity index (χ3n) is 6.86. The van der Waals surface area contributed by atoms with E-state index in [1.807, 2.05) is 32.0 Å². The summed E-state index contributed by atoms with van der Waals surface area (Å²) in [5, 5.41) is 0. The number of carbonyl (C=O) groups is 1. The third-order valence-corrected chi connectivity index (χ3v) is 6.86. The molecule has 2 aromatic rings. The summed E-state index contributed by atoms with van der Waals surface area (Å²) in [5.41, 5.74) is 0.642. The van der Waals surface area contributed by atoms with Gasteiger partial charge in [0.15, 0.2) is 0 Å². The fourth-order valence-corrected chi connectivity index (χ4v) is 5.06. The van der Waals surface area contributed by atoms with Crippen molar-refractivity contribution >= 4 is 11.6 Å². The van der Waals surface area contributed by atoms with E-state index >= 15 is 0 Å². The van der Waals surface area contributed by atoms with E-state index in [1.54, 1.807) is 4.90 Å². The third kappa shape index (κ3) is 4.53. The van der Waals surface area contributed by atoms with Gasteiger partial charge in [-0.05, 0) is 50.4 Å². The SMILES string of the molecule is CN(Cc1ccccc1)C1CCC(C(=O)N2CC(C)(C)c3nc(C(F)(F)F)ccc32)CC1. The summed E-state index contributed by atoms with van der Waals surface area (Å²) >= 11 is 0. The lowest BCUT2D eigenvalue weighted by molar-refractivity contribution is -0.141. The number of hydrogen-bond acceptors (Lipinski definition) is 3. The lowest BCUT2D eigenvalue weighted by atomic mass is 9.84. The molecule has 1 fully saturated rings. The van der Waals surface area contributed by atoms with Crippen molar-refractivity contribution < 1.29 is 18.0 Å². The first-order chi connectivity index (χ1) is 15.1. The van der Waals surface area contributed by atoms with Crippen LogP contribution in [0.25, 0.3) is 0 Å². The molecule has 1 saturated carbocycles. The molecule has 0 saturated heterocycles. The maximum absolute atomic E-state index is 13.4. The molecule has 0 N–H and O–H groups in total. The molecule has 1 aromatic heterocycles. The van der Waals surface area contributed by atoms with Gasteiger partial charge in [-0.2, -0.15) is 13.2 Å². The van der Waals surface area contributed by atoms with Crippen LogP contribution >= 0.6 is 0 Å². The van der Waals surface area contributed by atoms with Gasteiger partial charge in [0, 0.05) is 30.5 Å². The van der Waals surface area contributed by atoms with E-state index in [1.165, 1.54) is 11.6 Å². The van der Waals surface area contributed by atoms with Crippen molar-refractivity contribution in [3.8, 4) is 0 Å². The van der Waals surface area contributed by atoms with Gasteiger partial charge in [0.25, 0.3) is 0 Å². The summed E-state index contributed by atoms with van der Waals surface area (Å²) in [6.07, 6.45) is -1.03. The van der Waals surface area contributed by atoms with E-state index in [4.69, 9.17) is 0 Å². The summed E-state index contributed by atoms with van der Waals surface area (Å²) in [6, 6.07) is 13.2. The number of alkyl halides is 3.